The molecule has 0 spiro atoms. The molecule has 0 aliphatic carbocycles. The topological polar surface area (TPSA) is 27.7 Å². The van der Waals surface area contributed by atoms with Crippen LogP contribution >= 0.6 is 0 Å². The second-order valence-electron chi connectivity index (χ2n) is 5.96. The van der Waals surface area contributed by atoms with Crippen LogP contribution in [0, 0.1) is 0 Å². The lowest BCUT2D eigenvalue weighted by Crippen LogP contribution is -2.46. The molecule has 1 unspecified atom stereocenters. The van der Waals surface area contributed by atoms with Crippen molar-refractivity contribution in [2.75, 3.05) is 6.61 Å². The second kappa shape index (κ2) is 8.25. The average Bonchev–Trinajstić information content (AvgIpc) is 2.61. The molecule has 0 saturated carbocycles. The molecule has 0 aromatic heterocycles. The van der Waals surface area contributed by atoms with Crippen molar-refractivity contribution < 1.29 is 14.2 Å². The van der Waals surface area contributed by atoms with Crippen molar-refractivity contribution in [2.45, 2.75) is 44.9 Å². The summed E-state index contributed by atoms with van der Waals surface area (Å²) in [5.74, 6) is 0. The Bertz CT molecular complexity index is 570. The number of benzene rings is 2. The maximum Gasteiger partial charge on any atom is 0.110 e. The van der Waals surface area contributed by atoms with Gasteiger partial charge in [-0.2, -0.15) is 0 Å². The fourth-order valence-corrected chi connectivity index (χ4v) is 2.90. The van der Waals surface area contributed by atoms with E-state index in [1.165, 1.54) is 11.1 Å². The highest BCUT2D eigenvalue weighted by Gasteiger charge is 2.33. The van der Waals surface area contributed by atoms with Gasteiger partial charge in [-0.15, -0.1) is 0 Å². The summed E-state index contributed by atoms with van der Waals surface area (Å²) in [5.41, 5.74) is 2.36. The van der Waals surface area contributed by atoms with Gasteiger partial charge in [0.25, 0.3) is 0 Å². The van der Waals surface area contributed by atoms with Crippen LogP contribution in [0.2, 0.25) is 0 Å². The number of hydrogen-bond acceptors (Lipinski definition) is 3. The fraction of sp³-hybridized carbons (Fsp3) is 0.400. The van der Waals surface area contributed by atoms with E-state index in [-0.39, 0.29) is 18.3 Å². The molecule has 2 aromatic rings. The Morgan fingerprint density at radius 2 is 1.43 bits per heavy atom. The zero-order valence-corrected chi connectivity index (χ0v) is 13.6. The minimum absolute atomic E-state index is 0.0346. The Kier molecular flexibility index (Phi) is 5.81. The molecule has 3 heteroatoms. The van der Waals surface area contributed by atoms with E-state index in [1.807, 2.05) is 36.4 Å². The Balaban J connectivity index is 1.58. The smallest absolute Gasteiger partial charge is 0.110 e. The van der Waals surface area contributed by atoms with E-state index in [1.54, 1.807) is 0 Å². The van der Waals surface area contributed by atoms with E-state index in [0.29, 0.717) is 13.2 Å². The van der Waals surface area contributed by atoms with Crippen LogP contribution in [0.15, 0.2) is 60.7 Å². The van der Waals surface area contributed by atoms with Crippen LogP contribution in [0.1, 0.15) is 24.5 Å². The highest BCUT2D eigenvalue weighted by molar-refractivity contribution is 5.14. The Hall–Kier alpha value is -1.68. The van der Waals surface area contributed by atoms with Crippen molar-refractivity contribution in [2.24, 2.45) is 0 Å². The molecule has 3 nitrogen and oxygen atoms in total. The zero-order valence-electron chi connectivity index (χ0n) is 13.6. The lowest BCUT2D eigenvalue weighted by molar-refractivity contribution is -0.178. The summed E-state index contributed by atoms with van der Waals surface area (Å²) in [5, 5.41) is 0. The van der Waals surface area contributed by atoms with Crippen molar-refractivity contribution >= 4 is 0 Å². The first-order valence-corrected chi connectivity index (χ1v) is 8.25. The molecule has 1 fully saturated rings. The van der Waals surface area contributed by atoms with Crippen molar-refractivity contribution in [1.29, 1.82) is 0 Å². The number of hydrogen-bond donors (Lipinski definition) is 0. The normalized spacial score (nSPS) is 24.5. The lowest BCUT2D eigenvalue weighted by Gasteiger charge is -2.36. The molecule has 1 aliphatic rings. The monoisotopic (exact) mass is 312 g/mol. The van der Waals surface area contributed by atoms with Gasteiger partial charge in [0.2, 0.25) is 0 Å². The highest BCUT2D eigenvalue weighted by atomic mass is 16.6. The van der Waals surface area contributed by atoms with Gasteiger partial charge in [-0.1, -0.05) is 60.7 Å². The third-order valence-corrected chi connectivity index (χ3v) is 4.20. The van der Waals surface area contributed by atoms with E-state index in [0.717, 1.165) is 13.0 Å². The van der Waals surface area contributed by atoms with Gasteiger partial charge in [0.15, 0.2) is 0 Å². The predicted molar refractivity (Wildman–Crippen MR) is 90.1 cm³/mol. The van der Waals surface area contributed by atoms with Crippen LogP contribution in [-0.2, 0) is 27.4 Å². The molecule has 0 bridgehead atoms. The number of ether oxygens (including phenoxy) is 3. The summed E-state index contributed by atoms with van der Waals surface area (Å²) in [6.07, 6.45) is 0.958. The molecular weight excluding hydrogens is 288 g/mol. The molecule has 1 aliphatic heterocycles. The van der Waals surface area contributed by atoms with Crippen LogP contribution in [0.4, 0.5) is 0 Å². The highest BCUT2D eigenvalue weighted by Crippen LogP contribution is 2.23. The Morgan fingerprint density at radius 3 is 2.04 bits per heavy atom. The zero-order chi connectivity index (χ0) is 15.9. The third-order valence-electron chi connectivity index (χ3n) is 4.20. The summed E-state index contributed by atoms with van der Waals surface area (Å²) < 4.78 is 18.0. The quantitative estimate of drug-likeness (QED) is 0.808. The summed E-state index contributed by atoms with van der Waals surface area (Å²) in [4.78, 5) is 0. The van der Waals surface area contributed by atoms with Crippen LogP contribution in [0.25, 0.3) is 0 Å². The molecule has 1 saturated heterocycles. The van der Waals surface area contributed by atoms with E-state index in [4.69, 9.17) is 14.2 Å². The summed E-state index contributed by atoms with van der Waals surface area (Å²) in [7, 11) is 0. The minimum atomic E-state index is -0.0346. The van der Waals surface area contributed by atoms with Gasteiger partial charge in [-0.25, -0.2) is 0 Å². The Morgan fingerprint density at radius 1 is 0.870 bits per heavy atom. The van der Waals surface area contributed by atoms with Gasteiger partial charge < -0.3 is 14.2 Å². The van der Waals surface area contributed by atoms with Crippen LogP contribution in [0.5, 0.6) is 0 Å². The van der Waals surface area contributed by atoms with Crippen LogP contribution in [-0.4, -0.2) is 24.9 Å². The van der Waals surface area contributed by atoms with Gasteiger partial charge in [0.1, 0.15) is 6.10 Å². The van der Waals surface area contributed by atoms with E-state index < -0.39 is 0 Å². The van der Waals surface area contributed by atoms with Crippen molar-refractivity contribution in [1.82, 2.24) is 0 Å². The molecular formula is C20H24O3. The van der Waals surface area contributed by atoms with Crippen molar-refractivity contribution in [3.63, 3.8) is 0 Å². The van der Waals surface area contributed by atoms with Gasteiger partial charge in [0.05, 0.1) is 25.4 Å². The summed E-state index contributed by atoms with van der Waals surface area (Å²) in [6.45, 7) is 3.99. The molecule has 3 atom stereocenters. The second-order valence-corrected chi connectivity index (χ2v) is 5.96. The first-order chi connectivity index (χ1) is 11.3. The predicted octanol–water partition coefficient (Wildman–Crippen LogP) is 3.97. The summed E-state index contributed by atoms with van der Waals surface area (Å²) in [6, 6.07) is 20.5. The molecule has 122 valence electrons. The molecule has 0 amide bonds. The molecule has 23 heavy (non-hydrogen) atoms. The van der Waals surface area contributed by atoms with Gasteiger partial charge in [0, 0.05) is 6.61 Å². The van der Waals surface area contributed by atoms with Crippen LogP contribution < -0.4 is 0 Å². The molecule has 1 heterocycles. The first kappa shape index (κ1) is 16.2. The molecule has 0 radical (unpaired) electrons. The fourth-order valence-electron chi connectivity index (χ4n) is 2.90. The average molecular weight is 312 g/mol. The number of rotatable bonds is 6. The largest absolute Gasteiger partial charge is 0.376 e. The van der Waals surface area contributed by atoms with Gasteiger partial charge in [-0.3, -0.25) is 0 Å². The lowest BCUT2D eigenvalue weighted by atomic mass is 10.0. The standard InChI is InChI=1S/C20H24O3/c1-16-20(23-15-18-10-6-3-7-11-18)19(12-13-21-16)22-14-17-8-4-2-5-9-17/h2-11,16,19-20H,12-15H2,1H3/t16?,19-,20+/m1/s1. The van der Waals surface area contributed by atoms with Gasteiger partial charge >= 0.3 is 0 Å². The SMILES string of the molecule is CC1OCC[C@@H](OCc2ccccc2)[C@H]1OCc1ccccc1. The van der Waals surface area contributed by atoms with Crippen molar-refractivity contribution in [3.05, 3.63) is 71.8 Å². The van der Waals surface area contributed by atoms with E-state index >= 15 is 0 Å². The van der Waals surface area contributed by atoms with Gasteiger partial charge in [-0.05, 0) is 24.5 Å². The van der Waals surface area contributed by atoms with Crippen LogP contribution in [0.3, 0.4) is 0 Å². The molecule has 2 aromatic carbocycles. The third kappa shape index (κ3) is 4.64. The molecule has 3 rings (SSSR count). The van der Waals surface area contributed by atoms with E-state index in [9.17, 15) is 0 Å². The minimum Gasteiger partial charge on any atom is -0.376 e. The Labute approximate surface area is 138 Å². The molecule has 0 N–H and O–H groups in total. The van der Waals surface area contributed by atoms with E-state index in [2.05, 4.69) is 31.2 Å². The first-order valence-electron chi connectivity index (χ1n) is 8.25. The maximum atomic E-state index is 6.14. The van der Waals surface area contributed by atoms with Crippen molar-refractivity contribution in [3.8, 4) is 0 Å². The summed E-state index contributed by atoms with van der Waals surface area (Å²) >= 11 is 0. The maximum absolute atomic E-state index is 6.14.